The molecule has 10 nitrogen and oxygen atoms in total. The summed E-state index contributed by atoms with van der Waals surface area (Å²) in [5.41, 5.74) is 0.543. The number of β-lactam (4-membered cyclic amide) rings is 1. The lowest BCUT2D eigenvalue weighted by atomic mass is 9.96. The first kappa shape index (κ1) is 25.2. The number of thioether (sulfide) groups is 1. The van der Waals surface area contributed by atoms with Crippen LogP contribution in [0.2, 0.25) is 0 Å². The molecule has 2 heterocycles. The van der Waals surface area contributed by atoms with Gasteiger partial charge in [-0.1, -0.05) is 40.8 Å². The first-order valence-corrected chi connectivity index (χ1v) is 13.1. The zero-order chi connectivity index (χ0) is 25.2. The number of nitrogens with one attached hydrogen (secondary N) is 1. The number of amides is 2. The average Bonchev–Trinajstić information content (AvgIpc) is 3.15. The standard InChI is InChI=1S/C23H22IN3O7S/c1-23(13-24)19(22(30)34-11-14-7-9-15(10-8-14)27(31)32)26-20(29)18(21(26)35-23)25-17(28)12-33-16-5-3-2-4-6-16/h2-10,18-19,21H,11-13H2,1H3,(H,25,28)/t18?,19?,21-,23?/m0/s1. The van der Waals surface area contributed by atoms with Crippen LogP contribution >= 0.6 is 34.4 Å². The molecule has 0 spiro atoms. The van der Waals surface area contributed by atoms with E-state index in [-0.39, 0.29) is 30.2 Å². The number of ether oxygens (including phenoxy) is 2. The van der Waals surface area contributed by atoms with Gasteiger partial charge in [-0.3, -0.25) is 19.7 Å². The molecule has 35 heavy (non-hydrogen) atoms. The van der Waals surface area contributed by atoms with E-state index in [1.54, 1.807) is 24.3 Å². The number of nitro groups is 1. The van der Waals surface area contributed by atoms with Gasteiger partial charge in [-0.15, -0.1) is 11.8 Å². The SMILES string of the molecule is CC1(CI)S[C@H]2C(NC(=O)COc3ccccc3)C(=O)N2C1C(=O)OCc1ccc([N+](=O)[O-])cc1. The number of nitrogens with zero attached hydrogens (tertiary/aromatic N) is 2. The van der Waals surface area contributed by atoms with E-state index in [2.05, 4.69) is 27.9 Å². The second kappa shape index (κ2) is 10.4. The van der Waals surface area contributed by atoms with Crippen LogP contribution in [0.1, 0.15) is 12.5 Å². The van der Waals surface area contributed by atoms with Crippen LogP contribution in [-0.4, -0.2) is 60.8 Å². The normalized spacial score (nSPS) is 24.8. The van der Waals surface area contributed by atoms with E-state index in [1.807, 2.05) is 13.0 Å². The van der Waals surface area contributed by atoms with Crippen molar-refractivity contribution in [3.63, 3.8) is 0 Å². The fourth-order valence-electron chi connectivity index (χ4n) is 3.95. The second-order valence-electron chi connectivity index (χ2n) is 8.28. The number of fused-ring (bicyclic) bond motifs is 1. The molecule has 2 aromatic carbocycles. The van der Waals surface area contributed by atoms with Crippen LogP contribution in [0.25, 0.3) is 0 Å². The van der Waals surface area contributed by atoms with E-state index < -0.39 is 33.6 Å². The quantitative estimate of drug-likeness (QED) is 0.115. The average molecular weight is 611 g/mol. The summed E-state index contributed by atoms with van der Waals surface area (Å²) in [7, 11) is 0. The molecule has 4 rings (SSSR count). The van der Waals surface area contributed by atoms with Gasteiger partial charge in [0.1, 0.15) is 29.8 Å². The molecule has 0 saturated carbocycles. The highest BCUT2D eigenvalue weighted by atomic mass is 127. The predicted octanol–water partition coefficient (Wildman–Crippen LogP) is 2.68. The Morgan fingerprint density at radius 1 is 1.20 bits per heavy atom. The molecule has 2 fully saturated rings. The molecule has 2 aliphatic heterocycles. The van der Waals surface area contributed by atoms with E-state index in [1.165, 1.54) is 40.9 Å². The van der Waals surface area contributed by atoms with Crippen molar-refractivity contribution in [1.29, 1.82) is 0 Å². The number of alkyl halides is 1. The van der Waals surface area contributed by atoms with E-state index in [0.717, 1.165) is 0 Å². The van der Waals surface area contributed by atoms with Crippen molar-refractivity contribution in [1.82, 2.24) is 10.2 Å². The Morgan fingerprint density at radius 2 is 1.89 bits per heavy atom. The summed E-state index contributed by atoms with van der Waals surface area (Å²) in [4.78, 5) is 50.1. The third-order valence-electron chi connectivity index (χ3n) is 5.77. The van der Waals surface area contributed by atoms with E-state index >= 15 is 0 Å². The van der Waals surface area contributed by atoms with E-state index in [0.29, 0.717) is 15.7 Å². The Bertz CT molecular complexity index is 1130. The Hall–Kier alpha value is -2.87. The van der Waals surface area contributed by atoms with E-state index in [9.17, 15) is 24.5 Å². The van der Waals surface area contributed by atoms with Gasteiger partial charge in [0, 0.05) is 16.6 Å². The van der Waals surface area contributed by atoms with Crippen LogP contribution in [0.4, 0.5) is 5.69 Å². The minimum absolute atomic E-state index is 0.0546. The molecule has 2 aromatic rings. The molecule has 2 amide bonds. The van der Waals surface area contributed by atoms with Gasteiger partial charge < -0.3 is 19.7 Å². The molecule has 184 valence electrons. The molecule has 0 aliphatic carbocycles. The third kappa shape index (κ3) is 5.22. The number of carbonyl (C=O) groups excluding carboxylic acids is 3. The summed E-state index contributed by atoms with van der Waals surface area (Å²) in [5, 5.41) is 13.1. The number of hydrogen-bond donors (Lipinski definition) is 1. The zero-order valence-corrected chi connectivity index (χ0v) is 21.6. The lowest BCUT2D eigenvalue weighted by Crippen LogP contribution is -2.71. The number of nitro benzene ring substituents is 1. The molecule has 12 heteroatoms. The number of benzene rings is 2. The molecule has 2 aliphatic rings. The summed E-state index contributed by atoms with van der Waals surface area (Å²) in [6.07, 6.45) is 0. The highest BCUT2D eigenvalue weighted by Crippen LogP contribution is 2.52. The highest BCUT2D eigenvalue weighted by molar-refractivity contribution is 14.1. The summed E-state index contributed by atoms with van der Waals surface area (Å²) in [6, 6.07) is 13.0. The van der Waals surface area contributed by atoms with Crippen LogP contribution in [0.15, 0.2) is 54.6 Å². The van der Waals surface area contributed by atoms with Gasteiger partial charge in [0.15, 0.2) is 6.61 Å². The van der Waals surface area contributed by atoms with Crippen molar-refractivity contribution < 1.29 is 28.8 Å². The third-order valence-corrected chi connectivity index (χ3v) is 9.52. The number of esters is 1. The van der Waals surface area contributed by atoms with Crippen LogP contribution < -0.4 is 10.1 Å². The first-order valence-electron chi connectivity index (χ1n) is 10.7. The van der Waals surface area contributed by atoms with Crippen molar-refractivity contribution in [3.05, 3.63) is 70.3 Å². The summed E-state index contributed by atoms with van der Waals surface area (Å²) in [6.45, 7) is 1.60. The predicted molar refractivity (Wildman–Crippen MR) is 136 cm³/mol. The largest absolute Gasteiger partial charge is 0.484 e. The number of para-hydroxylation sites is 1. The Morgan fingerprint density at radius 3 is 2.51 bits per heavy atom. The van der Waals surface area contributed by atoms with Gasteiger partial charge in [0.2, 0.25) is 5.91 Å². The van der Waals surface area contributed by atoms with Gasteiger partial charge in [-0.05, 0) is 36.8 Å². The van der Waals surface area contributed by atoms with Crippen LogP contribution in [0.5, 0.6) is 5.75 Å². The number of non-ortho nitro benzene ring substituents is 1. The van der Waals surface area contributed by atoms with Gasteiger partial charge in [-0.2, -0.15) is 0 Å². The van der Waals surface area contributed by atoms with Gasteiger partial charge >= 0.3 is 5.97 Å². The highest BCUT2D eigenvalue weighted by Gasteiger charge is 2.65. The Labute approximate surface area is 219 Å². The molecule has 0 bridgehead atoms. The van der Waals surface area contributed by atoms with Crippen molar-refractivity contribution >= 4 is 57.8 Å². The van der Waals surface area contributed by atoms with Crippen molar-refractivity contribution in [2.45, 2.75) is 35.7 Å². The summed E-state index contributed by atoms with van der Waals surface area (Å²) in [5.74, 6) is -0.773. The monoisotopic (exact) mass is 611 g/mol. The number of halogens is 1. The summed E-state index contributed by atoms with van der Waals surface area (Å²) >= 11 is 3.63. The molecule has 1 N–H and O–H groups in total. The fraction of sp³-hybridized carbons (Fsp3) is 0.348. The van der Waals surface area contributed by atoms with Crippen molar-refractivity contribution in [2.75, 3.05) is 11.0 Å². The maximum atomic E-state index is 13.0. The molecular formula is C23H22IN3O7S. The number of carbonyl (C=O) groups is 3. The maximum Gasteiger partial charge on any atom is 0.330 e. The smallest absolute Gasteiger partial charge is 0.330 e. The van der Waals surface area contributed by atoms with Crippen LogP contribution in [0, 0.1) is 10.1 Å². The minimum Gasteiger partial charge on any atom is -0.484 e. The lowest BCUT2D eigenvalue weighted by Gasteiger charge is -2.43. The molecule has 3 unspecified atom stereocenters. The molecule has 0 aromatic heterocycles. The minimum atomic E-state index is -0.811. The Balaban J connectivity index is 1.36. The van der Waals surface area contributed by atoms with Gasteiger partial charge in [0.25, 0.3) is 11.6 Å². The van der Waals surface area contributed by atoms with Gasteiger partial charge in [0.05, 0.1) is 9.67 Å². The zero-order valence-electron chi connectivity index (χ0n) is 18.6. The number of hydrogen-bond acceptors (Lipinski definition) is 8. The second-order valence-corrected chi connectivity index (χ2v) is 10.7. The molecule has 0 radical (unpaired) electrons. The van der Waals surface area contributed by atoms with Crippen molar-refractivity contribution in [3.8, 4) is 5.75 Å². The van der Waals surface area contributed by atoms with Crippen LogP contribution in [0.3, 0.4) is 0 Å². The topological polar surface area (TPSA) is 128 Å². The maximum absolute atomic E-state index is 13.0. The lowest BCUT2D eigenvalue weighted by molar-refractivity contribution is -0.384. The molecule has 4 atom stereocenters. The molecular weight excluding hydrogens is 589 g/mol. The van der Waals surface area contributed by atoms with Gasteiger partial charge in [-0.25, -0.2) is 4.79 Å². The van der Waals surface area contributed by atoms with Crippen molar-refractivity contribution in [2.24, 2.45) is 0 Å². The van der Waals surface area contributed by atoms with E-state index in [4.69, 9.17) is 9.47 Å². The first-order chi connectivity index (χ1) is 16.7. The fourth-order valence-corrected chi connectivity index (χ4v) is 6.52. The van der Waals surface area contributed by atoms with Crippen LogP contribution in [-0.2, 0) is 25.7 Å². The Kier molecular flexibility index (Phi) is 7.50. The molecule has 2 saturated heterocycles. The summed E-state index contributed by atoms with van der Waals surface area (Å²) < 4.78 is 10.9. The number of rotatable bonds is 9.